The molecule has 1 radical (unpaired) electrons. The van der Waals surface area contributed by atoms with Crippen LogP contribution in [0.3, 0.4) is 0 Å². The van der Waals surface area contributed by atoms with Gasteiger partial charge in [-0.3, -0.25) is 0 Å². The summed E-state index contributed by atoms with van der Waals surface area (Å²) in [6.07, 6.45) is 23.2. The van der Waals surface area contributed by atoms with E-state index >= 15 is 0 Å². The number of hydrogen-bond donors (Lipinski definition) is 0. The fourth-order valence-electron chi connectivity index (χ4n) is 2.78. The molecule has 0 fully saturated rings. The van der Waals surface area contributed by atoms with E-state index < -0.39 is 0 Å². The van der Waals surface area contributed by atoms with Crippen LogP contribution < -0.4 is 0 Å². The van der Waals surface area contributed by atoms with Gasteiger partial charge >= 0.3 is 0 Å². The molecule has 0 saturated carbocycles. The topological polar surface area (TPSA) is 0 Å². The summed E-state index contributed by atoms with van der Waals surface area (Å²) in [5.41, 5.74) is 0. The first-order chi connectivity index (χ1) is 10.4. The minimum Gasteiger partial charge on any atom is -0.162 e. The SMILES string of the molecule is CCCCCCCCCCSCCCCCCCCCC.[Na]. The van der Waals surface area contributed by atoms with Crippen LogP contribution in [0.5, 0.6) is 0 Å². The molecule has 0 aliphatic carbocycles. The van der Waals surface area contributed by atoms with Crippen molar-refractivity contribution in [2.45, 2.75) is 117 Å². The predicted molar refractivity (Wildman–Crippen MR) is 108 cm³/mol. The summed E-state index contributed by atoms with van der Waals surface area (Å²) in [5, 5.41) is 0. The van der Waals surface area contributed by atoms with Crippen LogP contribution in [0.1, 0.15) is 117 Å². The van der Waals surface area contributed by atoms with Crippen molar-refractivity contribution < 1.29 is 0 Å². The molecule has 0 N–H and O–H groups in total. The molecule has 22 heavy (non-hydrogen) atoms. The Morgan fingerprint density at radius 2 is 0.682 bits per heavy atom. The van der Waals surface area contributed by atoms with Crippen LogP contribution in [0.2, 0.25) is 0 Å². The Kier molecular flexibility index (Phi) is 28.6. The van der Waals surface area contributed by atoms with Crippen molar-refractivity contribution in [1.82, 2.24) is 0 Å². The van der Waals surface area contributed by atoms with E-state index in [9.17, 15) is 0 Å². The van der Waals surface area contributed by atoms with Gasteiger partial charge in [-0.1, -0.05) is 104 Å². The quantitative estimate of drug-likeness (QED) is 0.183. The molecule has 0 bridgehead atoms. The molecule has 0 saturated heterocycles. The van der Waals surface area contributed by atoms with Crippen LogP contribution >= 0.6 is 11.8 Å². The molecule has 0 aromatic rings. The van der Waals surface area contributed by atoms with Crippen LogP contribution in [-0.2, 0) is 0 Å². The first-order valence-corrected chi connectivity index (χ1v) is 11.1. The van der Waals surface area contributed by atoms with Crippen LogP contribution in [-0.4, -0.2) is 41.1 Å². The van der Waals surface area contributed by atoms with Gasteiger partial charge in [0.1, 0.15) is 0 Å². The second-order valence-electron chi connectivity index (χ2n) is 6.56. The summed E-state index contributed by atoms with van der Waals surface area (Å²) in [5.74, 6) is 2.82. The van der Waals surface area contributed by atoms with E-state index in [1.165, 1.54) is 114 Å². The van der Waals surface area contributed by atoms with Crippen LogP contribution in [0.15, 0.2) is 0 Å². The van der Waals surface area contributed by atoms with Crippen molar-refractivity contribution in [3.63, 3.8) is 0 Å². The normalized spacial score (nSPS) is 10.6. The smallest absolute Gasteiger partial charge is 0 e. The van der Waals surface area contributed by atoms with Gasteiger partial charge in [0.15, 0.2) is 0 Å². The third-order valence-electron chi connectivity index (χ3n) is 4.28. The number of rotatable bonds is 18. The molecule has 0 aliphatic rings. The Morgan fingerprint density at radius 3 is 1.00 bits per heavy atom. The maximum absolute atomic E-state index is 2.30. The van der Waals surface area contributed by atoms with E-state index in [0.29, 0.717) is 0 Å². The Labute approximate surface area is 168 Å². The molecular formula is C20H42NaS. The summed E-state index contributed by atoms with van der Waals surface area (Å²) >= 11 is 2.20. The van der Waals surface area contributed by atoms with E-state index in [4.69, 9.17) is 0 Å². The minimum atomic E-state index is 0. The molecule has 0 aromatic carbocycles. The number of unbranched alkanes of at least 4 members (excludes halogenated alkanes) is 14. The molecule has 0 rings (SSSR count). The average molecular weight is 338 g/mol. The third-order valence-corrected chi connectivity index (χ3v) is 5.44. The van der Waals surface area contributed by atoms with Crippen molar-refractivity contribution in [2.24, 2.45) is 0 Å². The molecule has 0 aliphatic heterocycles. The summed E-state index contributed by atoms with van der Waals surface area (Å²) in [6, 6.07) is 0. The van der Waals surface area contributed by atoms with E-state index in [1.54, 1.807) is 0 Å². The maximum Gasteiger partial charge on any atom is 0 e. The Bertz CT molecular complexity index is 155. The Balaban J connectivity index is 0. The summed E-state index contributed by atoms with van der Waals surface area (Å²) in [7, 11) is 0. The van der Waals surface area contributed by atoms with E-state index in [-0.39, 0.29) is 29.6 Å². The van der Waals surface area contributed by atoms with Gasteiger partial charge in [-0.05, 0) is 24.3 Å². The van der Waals surface area contributed by atoms with Crippen molar-refractivity contribution in [2.75, 3.05) is 11.5 Å². The van der Waals surface area contributed by atoms with Crippen LogP contribution in [0.4, 0.5) is 0 Å². The zero-order chi connectivity index (χ0) is 15.4. The molecular weight excluding hydrogens is 295 g/mol. The molecule has 0 amide bonds. The molecule has 0 atom stereocenters. The predicted octanol–water partition coefficient (Wildman–Crippen LogP) is 7.62. The van der Waals surface area contributed by atoms with Gasteiger partial charge in [-0.25, -0.2) is 0 Å². The molecule has 0 spiro atoms. The molecule has 2 heteroatoms. The van der Waals surface area contributed by atoms with Crippen LogP contribution in [0, 0.1) is 0 Å². The number of hydrogen-bond acceptors (Lipinski definition) is 1. The number of thioether (sulfide) groups is 1. The average Bonchev–Trinajstić information content (AvgIpc) is 2.50. The zero-order valence-electron chi connectivity index (χ0n) is 16.1. The van der Waals surface area contributed by atoms with Gasteiger partial charge in [-0.2, -0.15) is 11.8 Å². The molecule has 0 unspecified atom stereocenters. The first kappa shape index (κ1) is 25.6. The molecule has 129 valence electrons. The van der Waals surface area contributed by atoms with Gasteiger partial charge in [0.25, 0.3) is 0 Å². The molecule has 0 heterocycles. The van der Waals surface area contributed by atoms with Crippen molar-refractivity contribution in [1.29, 1.82) is 0 Å². The second kappa shape index (κ2) is 24.6. The molecule has 0 aromatic heterocycles. The maximum atomic E-state index is 2.30. The van der Waals surface area contributed by atoms with Gasteiger partial charge < -0.3 is 0 Å². The monoisotopic (exact) mass is 337 g/mol. The second-order valence-corrected chi connectivity index (χ2v) is 7.79. The van der Waals surface area contributed by atoms with Gasteiger partial charge in [-0.15, -0.1) is 0 Å². The van der Waals surface area contributed by atoms with Gasteiger partial charge in [0.2, 0.25) is 0 Å². The standard InChI is InChI=1S/C20H42S.Na/c1-3-5-7-9-11-13-15-17-19-21-20-18-16-14-12-10-8-6-4-2;/h3-20H2,1-2H3;. The van der Waals surface area contributed by atoms with E-state index in [0.717, 1.165) is 0 Å². The van der Waals surface area contributed by atoms with Crippen molar-refractivity contribution in [3.8, 4) is 0 Å². The Morgan fingerprint density at radius 1 is 0.409 bits per heavy atom. The van der Waals surface area contributed by atoms with Gasteiger partial charge in [0, 0.05) is 29.6 Å². The summed E-state index contributed by atoms with van der Waals surface area (Å²) in [4.78, 5) is 0. The van der Waals surface area contributed by atoms with Crippen molar-refractivity contribution in [3.05, 3.63) is 0 Å². The van der Waals surface area contributed by atoms with Gasteiger partial charge in [0.05, 0.1) is 0 Å². The summed E-state index contributed by atoms with van der Waals surface area (Å²) in [6.45, 7) is 4.59. The zero-order valence-corrected chi connectivity index (χ0v) is 19.0. The van der Waals surface area contributed by atoms with E-state index in [2.05, 4.69) is 25.6 Å². The van der Waals surface area contributed by atoms with Crippen molar-refractivity contribution >= 4 is 41.3 Å². The summed E-state index contributed by atoms with van der Waals surface area (Å²) < 4.78 is 0. The molecule has 0 nitrogen and oxygen atoms in total. The third kappa shape index (κ3) is 23.6. The fraction of sp³-hybridized carbons (Fsp3) is 1.00. The van der Waals surface area contributed by atoms with E-state index in [1.807, 2.05) is 0 Å². The Hall–Kier alpha value is 1.35. The first-order valence-electron chi connectivity index (χ1n) is 9.99. The minimum absolute atomic E-state index is 0. The van der Waals surface area contributed by atoms with Crippen LogP contribution in [0.25, 0.3) is 0 Å². The largest absolute Gasteiger partial charge is 0.162 e. The fourth-order valence-corrected chi connectivity index (χ4v) is 3.80.